The molecule has 1 aromatic heterocycles. The Kier molecular flexibility index (Phi) is 6.26. The van der Waals surface area contributed by atoms with Crippen LogP contribution in [0.5, 0.6) is 5.75 Å². The third kappa shape index (κ3) is 4.79. The molecule has 1 saturated heterocycles. The summed E-state index contributed by atoms with van der Waals surface area (Å²) in [4.78, 5) is 25.9. The van der Waals surface area contributed by atoms with E-state index in [2.05, 4.69) is 4.90 Å². The SMILES string of the molecule is NC(=O)CC(c1cc(F)c(F)c(F)c1)c1oc(CN2CCCCC2)cc(=O)c1O. The molecule has 1 atom stereocenters. The van der Waals surface area contributed by atoms with Crippen molar-refractivity contribution >= 4 is 5.91 Å². The number of nitrogens with two attached hydrogens (primary N) is 1. The van der Waals surface area contributed by atoms with Crippen molar-refractivity contribution < 1.29 is 27.5 Å². The van der Waals surface area contributed by atoms with E-state index in [9.17, 15) is 27.9 Å². The van der Waals surface area contributed by atoms with Gasteiger partial charge in [-0.05, 0) is 43.6 Å². The summed E-state index contributed by atoms with van der Waals surface area (Å²) in [5.41, 5.74) is 4.30. The molecule has 156 valence electrons. The maximum atomic E-state index is 13.7. The number of hydrogen-bond acceptors (Lipinski definition) is 5. The van der Waals surface area contributed by atoms with E-state index < -0.39 is 46.9 Å². The first kappa shape index (κ1) is 20.9. The summed E-state index contributed by atoms with van der Waals surface area (Å²) in [6.45, 7) is 1.94. The summed E-state index contributed by atoms with van der Waals surface area (Å²) in [6, 6.07) is 2.51. The molecule has 3 N–H and O–H groups in total. The molecule has 6 nitrogen and oxygen atoms in total. The molecule has 29 heavy (non-hydrogen) atoms. The van der Waals surface area contributed by atoms with Crippen molar-refractivity contribution in [1.82, 2.24) is 4.90 Å². The number of rotatable bonds is 6. The highest BCUT2D eigenvalue weighted by Crippen LogP contribution is 2.34. The maximum absolute atomic E-state index is 13.7. The van der Waals surface area contributed by atoms with Gasteiger partial charge in [-0.15, -0.1) is 0 Å². The monoisotopic (exact) mass is 410 g/mol. The summed E-state index contributed by atoms with van der Waals surface area (Å²) >= 11 is 0. The van der Waals surface area contributed by atoms with E-state index in [-0.39, 0.29) is 17.1 Å². The Balaban J connectivity index is 2.05. The van der Waals surface area contributed by atoms with E-state index in [0.717, 1.165) is 38.4 Å². The molecular weight excluding hydrogens is 389 g/mol. The largest absolute Gasteiger partial charge is 0.502 e. The molecule has 3 rings (SSSR count). The van der Waals surface area contributed by atoms with Crippen LogP contribution in [0.2, 0.25) is 0 Å². The molecule has 2 aromatic rings. The lowest BCUT2D eigenvalue weighted by molar-refractivity contribution is -0.118. The van der Waals surface area contributed by atoms with Gasteiger partial charge < -0.3 is 15.3 Å². The fourth-order valence-corrected chi connectivity index (χ4v) is 3.55. The van der Waals surface area contributed by atoms with E-state index in [4.69, 9.17) is 10.2 Å². The number of carbonyl (C=O) groups is 1. The van der Waals surface area contributed by atoms with Crippen molar-refractivity contribution in [3.05, 3.63) is 63.0 Å². The Morgan fingerprint density at radius 2 is 1.76 bits per heavy atom. The fraction of sp³-hybridized carbons (Fsp3) is 0.400. The highest BCUT2D eigenvalue weighted by Gasteiger charge is 2.28. The molecule has 0 aliphatic carbocycles. The lowest BCUT2D eigenvalue weighted by Gasteiger charge is -2.26. The van der Waals surface area contributed by atoms with Gasteiger partial charge in [0.15, 0.2) is 23.2 Å². The normalized spacial score (nSPS) is 16.0. The summed E-state index contributed by atoms with van der Waals surface area (Å²) in [7, 11) is 0. The highest BCUT2D eigenvalue weighted by atomic mass is 19.2. The van der Waals surface area contributed by atoms with Crippen molar-refractivity contribution in [2.75, 3.05) is 13.1 Å². The molecule has 0 spiro atoms. The summed E-state index contributed by atoms with van der Waals surface area (Å²) in [5.74, 6) is -7.62. The minimum Gasteiger partial charge on any atom is -0.502 e. The van der Waals surface area contributed by atoms with E-state index in [1.807, 2.05) is 0 Å². The van der Waals surface area contributed by atoms with Crippen LogP contribution in [0, 0.1) is 17.5 Å². The number of aromatic hydroxyl groups is 1. The molecule has 1 aromatic carbocycles. The zero-order chi connectivity index (χ0) is 21.1. The molecule has 1 unspecified atom stereocenters. The van der Waals surface area contributed by atoms with Crippen LogP contribution in [-0.2, 0) is 11.3 Å². The minimum absolute atomic E-state index is 0.186. The number of amides is 1. The average molecular weight is 410 g/mol. The van der Waals surface area contributed by atoms with Gasteiger partial charge in [0.05, 0.1) is 12.5 Å². The van der Waals surface area contributed by atoms with Crippen molar-refractivity contribution in [1.29, 1.82) is 0 Å². The van der Waals surface area contributed by atoms with E-state index in [1.54, 1.807) is 0 Å². The van der Waals surface area contributed by atoms with Crippen molar-refractivity contribution in [3.8, 4) is 5.75 Å². The van der Waals surface area contributed by atoms with Crippen LogP contribution in [0.4, 0.5) is 13.2 Å². The Hall–Kier alpha value is -2.81. The molecule has 2 heterocycles. The van der Waals surface area contributed by atoms with Gasteiger partial charge in [-0.3, -0.25) is 14.5 Å². The van der Waals surface area contributed by atoms with Gasteiger partial charge in [0.1, 0.15) is 5.76 Å². The lowest BCUT2D eigenvalue weighted by Crippen LogP contribution is -2.29. The van der Waals surface area contributed by atoms with E-state index in [1.165, 1.54) is 0 Å². The Bertz CT molecular complexity index is 948. The molecule has 1 aliphatic rings. The highest BCUT2D eigenvalue weighted by molar-refractivity contribution is 5.75. The number of benzene rings is 1. The minimum atomic E-state index is -1.67. The Labute approximate surface area is 164 Å². The number of carbonyl (C=O) groups excluding carboxylic acids is 1. The average Bonchev–Trinajstić information content (AvgIpc) is 2.67. The van der Waals surface area contributed by atoms with E-state index >= 15 is 0 Å². The second-order valence-electron chi connectivity index (χ2n) is 7.15. The topological polar surface area (TPSA) is 96.8 Å². The molecule has 1 aliphatic heterocycles. The number of likely N-dealkylation sites (tertiary alicyclic amines) is 1. The molecule has 0 saturated carbocycles. The molecule has 9 heteroatoms. The predicted octanol–water partition coefficient (Wildman–Crippen LogP) is 2.76. The van der Waals surface area contributed by atoms with Crippen LogP contribution in [-0.4, -0.2) is 29.0 Å². The quantitative estimate of drug-likeness (QED) is 0.714. The van der Waals surface area contributed by atoms with Gasteiger partial charge in [-0.25, -0.2) is 13.2 Å². The van der Waals surface area contributed by atoms with Crippen LogP contribution in [0.25, 0.3) is 0 Å². The smallest absolute Gasteiger partial charge is 0.227 e. The maximum Gasteiger partial charge on any atom is 0.227 e. The van der Waals surface area contributed by atoms with Gasteiger partial charge >= 0.3 is 0 Å². The van der Waals surface area contributed by atoms with Crippen LogP contribution in [0.1, 0.15) is 48.7 Å². The van der Waals surface area contributed by atoms with Gasteiger partial charge in [-0.1, -0.05) is 6.42 Å². The molecule has 0 radical (unpaired) electrons. The second kappa shape index (κ2) is 8.69. The summed E-state index contributed by atoms with van der Waals surface area (Å²) < 4.78 is 46.5. The first-order chi connectivity index (χ1) is 13.8. The summed E-state index contributed by atoms with van der Waals surface area (Å²) in [6.07, 6.45) is 2.62. The van der Waals surface area contributed by atoms with Crippen molar-refractivity contribution in [3.63, 3.8) is 0 Å². The zero-order valence-corrected chi connectivity index (χ0v) is 15.6. The van der Waals surface area contributed by atoms with Crippen LogP contribution in [0.3, 0.4) is 0 Å². The number of hydrogen-bond donors (Lipinski definition) is 2. The standard InChI is InChI=1S/C20H21F3N2O4/c21-14-6-11(7-15(22)18(14)23)13(9-17(24)27)20-19(28)16(26)8-12(29-20)10-25-4-2-1-3-5-25/h6-8,13,28H,1-5,9-10H2,(H2,24,27). The summed E-state index contributed by atoms with van der Waals surface area (Å²) in [5, 5.41) is 10.2. The van der Waals surface area contributed by atoms with Gasteiger partial charge in [-0.2, -0.15) is 0 Å². The van der Waals surface area contributed by atoms with Crippen LogP contribution < -0.4 is 11.2 Å². The first-order valence-electron chi connectivity index (χ1n) is 9.27. The molecular formula is C20H21F3N2O4. The molecule has 1 fully saturated rings. The number of primary amides is 1. The van der Waals surface area contributed by atoms with Gasteiger partial charge in [0.2, 0.25) is 17.1 Å². The van der Waals surface area contributed by atoms with Gasteiger partial charge in [0.25, 0.3) is 0 Å². The van der Waals surface area contributed by atoms with Crippen LogP contribution >= 0.6 is 0 Å². The fourth-order valence-electron chi connectivity index (χ4n) is 3.55. The van der Waals surface area contributed by atoms with E-state index in [0.29, 0.717) is 18.7 Å². The third-order valence-corrected chi connectivity index (χ3v) is 4.96. The predicted molar refractivity (Wildman–Crippen MR) is 97.7 cm³/mol. The zero-order valence-electron chi connectivity index (χ0n) is 15.6. The van der Waals surface area contributed by atoms with Crippen LogP contribution in [0.15, 0.2) is 27.4 Å². The lowest BCUT2D eigenvalue weighted by atomic mass is 9.91. The Morgan fingerprint density at radius 3 is 2.34 bits per heavy atom. The van der Waals surface area contributed by atoms with Gasteiger partial charge in [0, 0.05) is 12.5 Å². The van der Waals surface area contributed by atoms with Crippen molar-refractivity contribution in [2.45, 2.75) is 38.1 Å². The first-order valence-corrected chi connectivity index (χ1v) is 9.27. The number of nitrogens with zero attached hydrogens (tertiary/aromatic N) is 1. The number of halogens is 3. The third-order valence-electron chi connectivity index (χ3n) is 4.96. The second-order valence-corrected chi connectivity index (χ2v) is 7.15. The van der Waals surface area contributed by atoms with Crippen molar-refractivity contribution in [2.24, 2.45) is 5.73 Å². The molecule has 0 bridgehead atoms. The molecule has 1 amide bonds. The Morgan fingerprint density at radius 1 is 1.14 bits per heavy atom. The number of piperidine rings is 1.